The summed E-state index contributed by atoms with van der Waals surface area (Å²) in [5, 5.41) is 1.05. The third-order valence-corrected chi connectivity index (χ3v) is 3.69. The van der Waals surface area contributed by atoms with E-state index in [4.69, 9.17) is 0 Å². The number of fused-ring (bicyclic) bond motifs is 1. The molecule has 0 radical (unpaired) electrons. The maximum absolute atomic E-state index is 11.5. The van der Waals surface area contributed by atoms with Gasteiger partial charge in [0.1, 0.15) is 0 Å². The lowest BCUT2D eigenvalue weighted by Gasteiger charge is -2.10. The summed E-state index contributed by atoms with van der Waals surface area (Å²) in [6.45, 7) is 0. The number of para-hydroxylation sites is 2. The second kappa shape index (κ2) is 5.18. The Hall–Kier alpha value is -2.40. The van der Waals surface area contributed by atoms with Crippen LogP contribution >= 0.6 is 0 Å². The van der Waals surface area contributed by atoms with Crippen LogP contribution in [0.5, 0.6) is 0 Å². The number of hydrogen-bond donors (Lipinski definition) is 1. The van der Waals surface area contributed by atoms with Crippen molar-refractivity contribution in [1.82, 2.24) is 4.98 Å². The summed E-state index contributed by atoms with van der Waals surface area (Å²) in [4.78, 5) is 4.60. The van der Waals surface area contributed by atoms with E-state index in [0.717, 1.165) is 28.4 Å². The van der Waals surface area contributed by atoms with Crippen LogP contribution in [-0.4, -0.2) is 19.7 Å². The van der Waals surface area contributed by atoms with E-state index in [1.165, 1.54) is 0 Å². The molecule has 0 saturated heterocycles. The lowest BCUT2D eigenvalue weighted by atomic mass is 10.1. The average molecular weight is 298 g/mol. The Morgan fingerprint density at radius 3 is 2.43 bits per heavy atom. The van der Waals surface area contributed by atoms with E-state index in [2.05, 4.69) is 9.71 Å². The van der Waals surface area contributed by atoms with Gasteiger partial charge in [-0.05, 0) is 18.2 Å². The quantitative estimate of drug-likeness (QED) is 0.807. The normalized spacial score (nSPS) is 11.5. The van der Waals surface area contributed by atoms with Crippen LogP contribution in [0.2, 0.25) is 0 Å². The van der Waals surface area contributed by atoms with E-state index in [0.29, 0.717) is 5.69 Å². The van der Waals surface area contributed by atoms with E-state index < -0.39 is 10.0 Å². The van der Waals surface area contributed by atoms with Gasteiger partial charge in [0.2, 0.25) is 10.0 Å². The zero-order valence-electron chi connectivity index (χ0n) is 11.4. The Kier molecular flexibility index (Phi) is 3.35. The Bertz CT molecular complexity index is 905. The van der Waals surface area contributed by atoms with Crippen LogP contribution in [0.3, 0.4) is 0 Å². The van der Waals surface area contributed by atoms with Gasteiger partial charge in [-0.3, -0.25) is 4.72 Å². The molecule has 0 aliphatic carbocycles. The van der Waals surface area contributed by atoms with Crippen molar-refractivity contribution in [3.05, 3.63) is 60.7 Å². The summed E-state index contributed by atoms with van der Waals surface area (Å²) >= 11 is 0. The van der Waals surface area contributed by atoms with Crippen molar-refractivity contribution in [3.8, 4) is 11.3 Å². The van der Waals surface area contributed by atoms with Gasteiger partial charge in [-0.25, -0.2) is 13.4 Å². The van der Waals surface area contributed by atoms with Gasteiger partial charge in [-0.1, -0.05) is 42.5 Å². The molecule has 1 aromatic heterocycles. The molecule has 21 heavy (non-hydrogen) atoms. The highest BCUT2D eigenvalue weighted by atomic mass is 32.2. The van der Waals surface area contributed by atoms with Crippen molar-refractivity contribution in [2.24, 2.45) is 0 Å². The Morgan fingerprint density at radius 2 is 1.62 bits per heavy atom. The minimum absolute atomic E-state index is 0.530. The number of pyridine rings is 1. The molecule has 0 amide bonds. The standard InChI is InChI=1S/C16H14N2O2S/c1-21(19,20)18-16-9-5-3-7-13(16)15-11-10-12-6-2-4-8-14(12)17-15/h2-11,18H,1H3. The number of rotatable bonds is 3. The highest BCUT2D eigenvalue weighted by Gasteiger charge is 2.10. The van der Waals surface area contributed by atoms with Crippen LogP contribution in [0.4, 0.5) is 5.69 Å². The second-order valence-electron chi connectivity index (χ2n) is 4.81. The van der Waals surface area contributed by atoms with Crippen molar-refractivity contribution >= 4 is 26.6 Å². The molecule has 2 aromatic carbocycles. The predicted octanol–water partition coefficient (Wildman–Crippen LogP) is 3.27. The van der Waals surface area contributed by atoms with Crippen LogP contribution in [0, 0.1) is 0 Å². The zero-order chi connectivity index (χ0) is 14.9. The van der Waals surface area contributed by atoms with Gasteiger partial charge in [-0.2, -0.15) is 0 Å². The number of benzene rings is 2. The molecule has 0 aliphatic rings. The SMILES string of the molecule is CS(=O)(=O)Nc1ccccc1-c1ccc2ccccc2n1. The molecule has 0 atom stereocenters. The highest BCUT2D eigenvalue weighted by molar-refractivity contribution is 7.92. The predicted molar refractivity (Wildman–Crippen MR) is 85.6 cm³/mol. The average Bonchev–Trinajstić information content (AvgIpc) is 2.46. The van der Waals surface area contributed by atoms with Gasteiger partial charge in [0, 0.05) is 10.9 Å². The maximum atomic E-state index is 11.5. The van der Waals surface area contributed by atoms with Crippen LogP contribution in [0.15, 0.2) is 60.7 Å². The molecule has 0 saturated carbocycles. The molecule has 3 rings (SSSR count). The van der Waals surface area contributed by atoms with Crippen molar-refractivity contribution < 1.29 is 8.42 Å². The number of sulfonamides is 1. The molecule has 1 N–H and O–H groups in total. The molecule has 3 aromatic rings. The second-order valence-corrected chi connectivity index (χ2v) is 6.56. The number of anilines is 1. The van der Waals surface area contributed by atoms with E-state index in [1.54, 1.807) is 12.1 Å². The van der Waals surface area contributed by atoms with E-state index >= 15 is 0 Å². The molecular weight excluding hydrogens is 284 g/mol. The van der Waals surface area contributed by atoms with Crippen LogP contribution in [0.25, 0.3) is 22.2 Å². The zero-order valence-corrected chi connectivity index (χ0v) is 12.3. The summed E-state index contributed by atoms with van der Waals surface area (Å²) < 4.78 is 25.5. The van der Waals surface area contributed by atoms with Crippen molar-refractivity contribution in [3.63, 3.8) is 0 Å². The van der Waals surface area contributed by atoms with Crippen LogP contribution < -0.4 is 4.72 Å². The van der Waals surface area contributed by atoms with Crippen LogP contribution in [-0.2, 0) is 10.0 Å². The van der Waals surface area contributed by atoms with Gasteiger partial charge in [0.25, 0.3) is 0 Å². The maximum Gasteiger partial charge on any atom is 0.229 e. The summed E-state index contributed by atoms with van der Waals surface area (Å²) in [5.41, 5.74) is 2.90. The lowest BCUT2D eigenvalue weighted by Crippen LogP contribution is -2.10. The third kappa shape index (κ3) is 3.03. The molecule has 1 heterocycles. The molecule has 0 aliphatic heterocycles. The molecule has 0 unspecified atom stereocenters. The topological polar surface area (TPSA) is 59.1 Å². The fourth-order valence-electron chi connectivity index (χ4n) is 2.21. The number of aromatic nitrogens is 1. The molecule has 106 valence electrons. The van der Waals surface area contributed by atoms with Gasteiger partial charge in [-0.15, -0.1) is 0 Å². The highest BCUT2D eigenvalue weighted by Crippen LogP contribution is 2.28. The molecule has 0 spiro atoms. The summed E-state index contributed by atoms with van der Waals surface area (Å²) in [5.74, 6) is 0. The number of nitrogens with zero attached hydrogens (tertiary/aromatic N) is 1. The molecule has 5 heteroatoms. The first kappa shape index (κ1) is 13.6. The van der Waals surface area contributed by atoms with E-state index in [1.807, 2.05) is 48.5 Å². The van der Waals surface area contributed by atoms with Crippen molar-refractivity contribution in [1.29, 1.82) is 0 Å². The van der Waals surface area contributed by atoms with Crippen molar-refractivity contribution in [2.75, 3.05) is 11.0 Å². The molecule has 4 nitrogen and oxygen atoms in total. The Labute approximate surface area is 123 Å². The van der Waals surface area contributed by atoms with E-state index in [9.17, 15) is 8.42 Å². The minimum Gasteiger partial charge on any atom is -0.283 e. The summed E-state index contributed by atoms with van der Waals surface area (Å²) in [7, 11) is -3.33. The lowest BCUT2D eigenvalue weighted by molar-refractivity contribution is 0.607. The first-order valence-electron chi connectivity index (χ1n) is 6.46. The molecular formula is C16H14N2O2S. The molecule has 0 fully saturated rings. The molecule has 0 bridgehead atoms. The van der Waals surface area contributed by atoms with E-state index in [-0.39, 0.29) is 0 Å². The number of hydrogen-bond acceptors (Lipinski definition) is 3. The third-order valence-electron chi connectivity index (χ3n) is 3.10. The first-order chi connectivity index (χ1) is 10.0. The monoisotopic (exact) mass is 298 g/mol. The Balaban J connectivity index is 2.14. The number of nitrogens with one attached hydrogen (secondary N) is 1. The van der Waals surface area contributed by atoms with Gasteiger partial charge in [0.05, 0.1) is 23.2 Å². The van der Waals surface area contributed by atoms with Crippen LogP contribution in [0.1, 0.15) is 0 Å². The van der Waals surface area contributed by atoms with Gasteiger partial charge >= 0.3 is 0 Å². The fourth-order valence-corrected chi connectivity index (χ4v) is 2.79. The smallest absolute Gasteiger partial charge is 0.229 e. The van der Waals surface area contributed by atoms with Gasteiger partial charge < -0.3 is 0 Å². The largest absolute Gasteiger partial charge is 0.283 e. The summed E-state index contributed by atoms with van der Waals surface area (Å²) in [6.07, 6.45) is 1.14. The summed E-state index contributed by atoms with van der Waals surface area (Å²) in [6, 6.07) is 18.9. The first-order valence-corrected chi connectivity index (χ1v) is 8.35. The van der Waals surface area contributed by atoms with Gasteiger partial charge in [0.15, 0.2) is 0 Å². The minimum atomic E-state index is -3.33. The fraction of sp³-hybridized carbons (Fsp3) is 0.0625. The van der Waals surface area contributed by atoms with Crippen molar-refractivity contribution in [2.45, 2.75) is 0 Å². The Morgan fingerprint density at radius 1 is 0.905 bits per heavy atom.